The third kappa shape index (κ3) is 2.42. The molecule has 2 aromatic heterocycles. The monoisotopic (exact) mass is 271 g/mol. The Bertz CT molecular complexity index is 689. The van der Waals surface area contributed by atoms with E-state index in [0.29, 0.717) is 12.3 Å². The van der Waals surface area contributed by atoms with E-state index in [1.807, 2.05) is 25.2 Å². The lowest BCUT2D eigenvalue weighted by Crippen LogP contribution is -2.23. The molecule has 1 aromatic carbocycles. The smallest absolute Gasteiger partial charge is 0.227 e. The van der Waals surface area contributed by atoms with Crippen LogP contribution in [-0.4, -0.2) is 26.2 Å². The molecule has 0 aliphatic rings. The van der Waals surface area contributed by atoms with Crippen LogP contribution >= 0.6 is 0 Å². The molecule has 1 atom stereocenters. The van der Waals surface area contributed by atoms with Crippen molar-refractivity contribution < 1.29 is 4.52 Å². The van der Waals surface area contributed by atoms with Crippen molar-refractivity contribution in [3.63, 3.8) is 0 Å². The second kappa shape index (κ2) is 5.42. The molecule has 0 spiro atoms. The van der Waals surface area contributed by atoms with Crippen LogP contribution in [0.25, 0.3) is 11.0 Å². The maximum atomic E-state index is 4.97. The first-order valence-corrected chi connectivity index (χ1v) is 6.66. The Morgan fingerprint density at radius 1 is 1.35 bits per heavy atom. The lowest BCUT2D eigenvalue weighted by Gasteiger charge is -2.12. The summed E-state index contributed by atoms with van der Waals surface area (Å²) in [6, 6.07) is 8.31. The van der Waals surface area contributed by atoms with Gasteiger partial charge in [0.25, 0.3) is 0 Å². The Morgan fingerprint density at radius 3 is 2.95 bits per heavy atom. The van der Waals surface area contributed by atoms with E-state index in [1.165, 1.54) is 6.33 Å². The van der Waals surface area contributed by atoms with E-state index < -0.39 is 0 Å². The SMILES string of the molecule is CC(NCCc1ncno1)c1nc2ccccc2n1C. The highest BCUT2D eigenvalue weighted by molar-refractivity contribution is 5.75. The number of benzene rings is 1. The zero-order chi connectivity index (χ0) is 13.9. The zero-order valence-electron chi connectivity index (χ0n) is 11.6. The van der Waals surface area contributed by atoms with Crippen LogP contribution < -0.4 is 5.32 Å². The number of rotatable bonds is 5. The van der Waals surface area contributed by atoms with Gasteiger partial charge in [0.05, 0.1) is 17.1 Å². The van der Waals surface area contributed by atoms with Crippen molar-refractivity contribution in [1.29, 1.82) is 0 Å². The summed E-state index contributed by atoms with van der Waals surface area (Å²) >= 11 is 0. The van der Waals surface area contributed by atoms with E-state index in [4.69, 9.17) is 4.52 Å². The van der Waals surface area contributed by atoms with Crippen molar-refractivity contribution in [2.24, 2.45) is 7.05 Å². The van der Waals surface area contributed by atoms with Crippen LogP contribution in [0.2, 0.25) is 0 Å². The van der Waals surface area contributed by atoms with Gasteiger partial charge in [-0.3, -0.25) is 0 Å². The molecular formula is C14H17N5O. The third-order valence-corrected chi connectivity index (χ3v) is 3.41. The predicted molar refractivity (Wildman–Crippen MR) is 75.1 cm³/mol. The fourth-order valence-corrected chi connectivity index (χ4v) is 2.34. The minimum Gasteiger partial charge on any atom is -0.340 e. The quantitative estimate of drug-likeness (QED) is 0.767. The van der Waals surface area contributed by atoms with E-state index in [2.05, 4.69) is 38.0 Å². The lowest BCUT2D eigenvalue weighted by molar-refractivity contribution is 0.371. The summed E-state index contributed by atoms with van der Waals surface area (Å²) < 4.78 is 7.10. The highest BCUT2D eigenvalue weighted by Crippen LogP contribution is 2.18. The molecule has 0 bridgehead atoms. The Morgan fingerprint density at radius 2 is 2.20 bits per heavy atom. The second-order valence-corrected chi connectivity index (χ2v) is 4.78. The molecule has 0 saturated carbocycles. The van der Waals surface area contributed by atoms with Crippen LogP contribution in [0.4, 0.5) is 0 Å². The molecule has 0 fully saturated rings. The van der Waals surface area contributed by atoms with Crippen molar-refractivity contribution in [2.45, 2.75) is 19.4 Å². The molecule has 6 nitrogen and oxygen atoms in total. The molecule has 1 unspecified atom stereocenters. The van der Waals surface area contributed by atoms with Crippen LogP contribution in [0.1, 0.15) is 24.7 Å². The van der Waals surface area contributed by atoms with Crippen molar-refractivity contribution in [3.8, 4) is 0 Å². The van der Waals surface area contributed by atoms with Crippen molar-refractivity contribution in [1.82, 2.24) is 25.0 Å². The van der Waals surface area contributed by atoms with Gasteiger partial charge >= 0.3 is 0 Å². The van der Waals surface area contributed by atoms with Gasteiger partial charge in [-0.25, -0.2) is 4.98 Å². The van der Waals surface area contributed by atoms with Crippen LogP contribution in [-0.2, 0) is 13.5 Å². The van der Waals surface area contributed by atoms with Gasteiger partial charge in [-0.1, -0.05) is 17.3 Å². The molecule has 0 aliphatic carbocycles. The van der Waals surface area contributed by atoms with Crippen LogP contribution in [0.5, 0.6) is 0 Å². The molecule has 2 heterocycles. The molecule has 20 heavy (non-hydrogen) atoms. The summed E-state index contributed by atoms with van der Waals surface area (Å²) in [7, 11) is 2.04. The van der Waals surface area contributed by atoms with Gasteiger partial charge in [0.15, 0.2) is 6.33 Å². The first kappa shape index (κ1) is 12.8. The number of fused-ring (bicyclic) bond motifs is 1. The average molecular weight is 271 g/mol. The van der Waals surface area contributed by atoms with Crippen molar-refractivity contribution >= 4 is 11.0 Å². The molecule has 3 rings (SSSR count). The highest BCUT2D eigenvalue weighted by atomic mass is 16.5. The van der Waals surface area contributed by atoms with Gasteiger partial charge in [-0.2, -0.15) is 4.98 Å². The van der Waals surface area contributed by atoms with Gasteiger partial charge in [0.1, 0.15) is 5.82 Å². The number of aryl methyl sites for hydroxylation is 1. The van der Waals surface area contributed by atoms with E-state index in [9.17, 15) is 0 Å². The van der Waals surface area contributed by atoms with Gasteiger partial charge in [0.2, 0.25) is 5.89 Å². The first-order valence-electron chi connectivity index (χ1n) is 6.66. The molecule has 1 N–H and O–H groups in total. The fraction of sp³-hybridized carbons (Fsp3) is 0.357. The van der Waals surface area contributed by atoms with Crippen molar-refractivity contribution in [3.05, 3.63) is 42.3 Å². The molecule has 0 aliphatic heterocycles. The minimum absolute atomic E-state index is 0.162. The number of hydrogen-bond acceptors (Lipinski definition) is 5. The summed E-state index contributed by atoms with van der Waals surface area (Å²) in [4.78, 5) is 8.68. The van der Waals surface area contributed by atoms with E-state index in [-0.39, 0.29) is 6.04 Å². The number of para-hydroxylation sites is 2. The molecular weight excluding hydrogens is 254 g/mol. The molecule has 6 heteroatoms. The maximum absolute atomic E-state index is 4.97. The number of hydrogen-bond donors (Lipinski definition) is 1. The third-order valence-electron chi connectivity index (χ3n) is 3.41. The van der Waals surface area contributed by atoms with Crippen LogP contribution in [0, 0.1) is 0 Å². The van der Waals surface area contributed by atoms with E-state index >= 15 is 0 Å². The summed E-state index contributed by atoms with van der Waals surface area (Å²) in [6.45, 7) is 2.88. The average Bonchev–Trinajstić information content (AvgIpc) is 3.08. The highest BCUT2D eigenvalue weighted by Gasteiger charge is 2.13. The number of nitrogens with zero attached hydrogens (tertiary/aromatic N) is 4. The van der Waals surface area contributed by atoms with Crippen molar-refractivity contribution in [2.75, 3.05) is 6.54 Å². The number of nitrogens with one attached hydrogen (secondary N) is 1. The predicted octanol–water partition coefficient (Wildman–Crippen LogP) is 1.85. The summed E-state index contributed by atoms with van der Waals surface area (Å²) in [5.41, 5.74) is 2.17. The number of imidazole rings is 1. The molecule has 104 valence electrons. The minimum atomic E-state index is 0.162. The zero-order valence-corrected chi connectivity index (χ0v) is 11.6. The van der Waals surface area contributed by atoms with Gasteiger partial charge in [-0.15, -0.1) is 0 Å². The van der Waals surface area contributed by atoms with Gasteiger partial charge in [-0.05, 0) is 19.1 Å². The first-order chi connectivity index (χ1) is 9.75. The summed E-state index contributed by atoms with van der Waals surface area (Å²) in [5, 5.41) is 7.02. The summed E-state index contributed by atoms with van der Waals surface area (Å²) in [6.07, 6.45) is 2.14. The van der Waals surface area contributed by atoms with Gasteiger partial charge < -0.3 is 14.4 Å². The lowest BCUT2D eigenvalue weighted by atomic mass is 10.3. The maximum Gasteiger partial charge on any atom is 0.227 e. The van der Waals surface area contributed by atoms with E-state index in [0.717, 1.165) is 23.4 Å². The Balaban J connectivity index is 1.69. The van der Waals surface area contributed by atoms with E-state index in [1.54, 1.807) is 0 Å². The molecule has 3 aromatic rings. The topological polar surface area (TPSA) is 68.8 Å². The second-order valence-electron chi connectivity index (χ2n) is 4.78. The van der Waals surface area contributed by atoms with Crippen LogP contribution in [0.15, 0.2) is 35.1 Å². The Kier molecular flexibility index (Phi) is 3.47. The standard InChI is InChI=1S/C14H17N5O/c1-10(15-8-7-13-16-9-17-20-13)14-18-11-5-3-4-6-12(11)19(14)2/h3-6,9-10,15H,7-8H2,1-2H3. The summed E-state index contributed by atoms with van der Waals surface area (Å²) in [5.74, 6) is 1.67. The Hall–Kier alpha value is -2.21. The largest absolute Gasteiger partial charge is 0.340 e. The van der Waals surface area contributed by atoms with Crippen LogP contribution in [0.3, 0.4) is 0 Å². The molecule has 0 amide bonds. The Labute approximate surface area is 116 Å². The molecule has 0 saturated heterocycles. The number of aromatic nitrogens is 4. The fourth-order valence-electron chi connectivity index (χ4n) is 2.34. The van der Waals surface area contributed by atoms with Gasteiger partial charge in [0, 0.05) is 20.0 Å². The normalized spacial score (nSPS) is 12.9. The molecule has 0 radical (unpaired) electrons.